The zero-order valence-corrected chi connectivity index (χ0v) is 12.8. The Morgan fingerprint density at radius 3 is 2.42 bits per heavy atom. The minimum absolute atomic E-state index is 0.161. The van der Waals surface area contributed by atoms with Gasteiger partial charge in [0.2, 0.25) is 0 Å². The minimum atomic E-state index is -0.429. The Bertz CT molecular complexity index is 409. The molecule has 4 heteroatoms. The third-order valence-corrected chi connectivity index (χ3v) is 2.75. The fourth-order valence-electron chi connectivity index (χ4n) is 1.52. The fourth-order valence-corrected chi connectivity index (χ4v) is 1.65. The highest BCUT2D eigenvalue weighted by Crippen LogP contribution is 2.11. The Balaban J connectivity index is 2.32. The first-order chi connectivity index (χ1) is 8.78. The van der Waals surface area contributed by atoms with E-state index >= 15 is 0 Å². The van der Waals surface area contributed by atoms with Crippen LogP contribution in [0.25, 0.3) is 0 Å². The minimum Gasteiger partial charge on any atom is -0.460 e. The Hall–Kier alpha value is -1.06. The summed E-state index contributed by atoms with van der Waals surface area (Å²) in [5.74, 6) is -0.331. The summed E-state index contributed by atoms with van der Waals surface area (Å²) in [5.41, 5.74) is 0.711. The van der Waals surface area contributed by atoms with E-state index in [1.807, 2.05) is 52.0 Å². The lowest BCUT2D eigenvalue weighted by Gasteiger charge is -2.22. The first-order valence-electron chi connectivity index (χ1n) is 6.46. The summed E-state index contributed by atoms with van der Waals surface area (Å²) in [6.45, 7) is 8.79. The van der Waals surface area contributed by atoms with Crippen molar-refractivity contribution in [2.45, 2.75) is 39.8 Å². The molecular formula is C15H22ClNO2. The Morgan fingerprint density at radius 2 is 1.89 bits per heavy atom. The lowest BCUT2D eigenvalue weighted by molar-refractivity contribution is -0.159. The molecule has 3 nitrogen and oxygen atoms in total. The Morgan fingerprint density at radius 1 is 1.32 bits per heavy atom. The number of hydrogen-bond acceptors (Lipinski definition) is 3. The summed E-state index contributed by atoms with van der Waals surface area (Å²) in [4.78, 5) is 11.8. The Kier molecular flexibility index (Phi) is 5.83. The molecule has 106 valence electrons. The zero-order valence-electron chi connectivity index (χ0n) is 12.0. The molecule has 0 aromatic heterocycles. The van der Waals surface area contributed by atoms with E-state index in [2.05, 4.69) is 5.32 Å². The van der Waals surface area contributed by atoms with Crippen LogP contribution in [0.2, 0.25) is 5.02 Å². The molecule has 0 heterocycles. The molecule has 0 aliphatic carbocycles. The van der Waals surface area contributed by atoms with E-state index in [0.717, 1.165) is 10.6 Å². The van der Waals surface area contributed by atoms with Crippen LogP contribution >= 0.6 is 11.6 Å². The van der Waals surface area contributed by atoms with E-state index < -0.39 is 5.60 Å². The molecule has 1 atom stereocenters. The van der Waals surface area contributed by atoms with Crippen molar-refractivity contribution in [3.05, 3.63) is 34.9 Å². The van der Waals surface area contributed by atoms with Crippen molar-refractivity contribution in [3.63, 3.8) is 0 Å². The van der Waals surface area contributed by atoms with Gasteiger partial charge in [0, 0.05) is 18.1 Å². The third kappa shape index (κ3) is 6.60. The molecule has 0 amide bonds. The highest BCUT2D eigenvalue weighted by Gasteiger charge is 2.21. The molecule has 0 fully saturated rings. The van der Waals surface area contributed by atoms with Crippen LogP contribution < -0.4 is 5.32 Å². The second kappa shape index (κ2) is 6.92. The van der Waals surface area contributed by atoms with E-state index in [1.54, 1.807) is 0 Å². The third-order valence-electron chi connectivity index (χ3n) is 2.50. The average molecular weight is 284 g/mol. The van der Waals surface area contributed by atoms with E-state index in [1.165, 1.54) is 0 Å². The summed E-state index contributed by atoms with van der Waals surface area (Å²) in [7, 11) is 0. The number of carbonyl (C=O) groups is 1. The number of nitrogens with one attached hydrogen (secondary N) is 1. The van der Waals surface area contributed by atoms with Crippen molar-refractivity contribution in [1.29, 1.82) is 0 Å². The summed E-state index contributed by atoms with van der Waals surface area (Å²) < 4.78 is 5.32. The van der Waals surface area contributed by atoms with Crippen LogP contribution in [0.5, 0.6) is 0 Å². The highest BCUT2D eigenvalue weighted by molar-refractivity contribution is 6.30. The van der Waals surface area contributed by atoms with Crippen molar-refractivity contribution in [2.75, 3.05) is 6.54 Å². The molecule has 0 spiro atoms. The summed E-state index contributed by atoms with van der Waals surface area (Å²) >= 11 is 5.82. The first-order valence-corrected chi connectivity index (χ1v) is 6.84. The topological polar surface area (TPSA) is 38.3 Å². The smallest absolute Gasteiger partial charge is 0.310 e. The molecule has 0 aliphatic heterocycles. The number of rotatable bonds is 5. The number of halogens is 1. The van der Waals surface area contributed by atoms with Gasteiger partial charge in [-0.25, -0.2) is 0 Å². The van der Waals surface area contributed by atoms with Crippen molar-refractivity contribution in [3.8, 4) is 0 Å². The highest BCUT2D eigenvalue weighted by atomic mass is 35.5. The van der Waals surface area contributed by atoms with Gasteiger partial charge < -0.3 is 10.1 Å². The molecule has 1 rings (SSSR count). The maximum Gasteiger partial charge on any atom is 0.310 e. The molecular weight excluding hydrogens is 262 g/mol. The molecule has 1 N–H and O–H groups in total. The van der Waals surface area contributed by atoms with Gasteiger partial charge in [0.15, 0.2) is 0 Å². The van der Waals surface area contributed by atoms with Gasteiger partial charge in [-0.1, -0.05) is 30.7 Å². The maximum atomic E-state index is 11.8. The predicted molar refractivity (Wildman–Crippen MR) is 78.2 cm³/mol. The normalized spacial score (nSPS) is 13.1. The number of esters is 1. The van der Waals surface area contributed by atoms with Gasteiger partial charge in [0.1, 0.15) is 5.60 Å². The van der Waals surface area contributed by atoms with Crippen molar-refractivity contribution < 1.29 is 9.53 Å². The lowest BCUT2D eigenvalue weighted by Crippen LogP contribution is -2.32. The number of carbonyl (C=O) groups excluding carboxylic acids is 1. The predicted octanol–water partition coefficient (Wildman–Crippen LogP) is 3.41. The largest absolute Gasteiger partial charge is 0.460 e. The number of benzene rings is 1. The van der Waals surface area contributed by atoms with E-state index in [0.29, 0.717) is 13.1 Å². The van der Waals surface area contributed by atoms with Gasteiger partial charge in [-0.15, -0.1) is 0 Å². The van der Waals surface area contributed by atoms with Crippen LogP contribution in [0, 0.1) is 5.92 Å². The van der Waals surface area contributed by atoms with Crippen molar-refractivity contribution >= 4 is 17.6 Å². The molecule has 1 aromatic carbocycles. The summed E-state index contributed by atoms with van der Waals surface area (Å²) in [6, 6.07) is 7.65. The molecule has 0 radical (unpaired) electrons. The second-order valence-corrected chi connectivity index (χ2v) is 6.13. The molecule has 0 saturated heterocycles. The van der Waals surface area contributed by atoms with E-state index in [-0.39, 0.29) is 11.9 Å². The van der Waals surface area contributed by atoms with Crippen LogP contribution in [-0.2, 0) is 16.1 Å². The molecule has 1 aromatic rings. The van der Waals surface area contributed by atoms with E-state index in [4.69, 9.17) is 16.3 Å². The van der Waals surface area contributed by atoms with Crippen molar-refractivity contribution in [1.82, 2.24) is 5.32 Å². The monoisotopic (exact) mass is 283 g/mol. The molecule has 19 heavy (non-hydrogen) atoms. The van der Waals surface area contributed by atoms with Gasteiger partial charge in [-0.3, -0.25) is 4.79 Å². The lowest BCUT2D eigenvalue weighted by atomic mass is 10.1. The standard InChI is InChI=1S/C15H22ClNO2/c1-11(14(18)19-15(2,3)4)9-17-10-12-5-7-13(16)8-6-12/h5-8,11,17H,9-10H2,1-4H3/t11-/m1/s1. The quantitative estimate of drug-likeness (QED) is 0.842. The van der Waals surface area contributed by atoms with Crippen LogP contribution in [0.4, 0.5) is 0 Å². The van der Waals surface area contributed by atoms with Gasteiger partial charge in [0.05, 0.1) is 5.92 Å². The van der Waals surface area contributed by atoms with Crippen LogP contribution in [0.3, 0.4) is 0 Å². The number of ether oxygens (including phenoxy) is 1. The van der Waals surface area contributed by atoms with Crippen LogP contribution in [0.1, 0.15) is 33.3 Å². The SMILES string of the molecule is C[C@H](CNCc1ccc(Cl)cc1)C(=O)OC(C)(C)C. The van der Waals surface area contributed by atoms with Crippen LogP contribution in [-0.4, -0.2) is 18.1 Å². The fraction of sp³-hybridized carbons (Fsp3) is 0.533. The van der Waals surface area contributed by atoms with Crippen LogP contribution in [0.15, 0.2) is 24.3 Å². The first kappa shape index (κ1) is 16.0. The second-order valence-electron chi connectivity index (χ2n) is 5.69. The zero-order chi connectivity index (χ0) is 14.5. The number of hydrogen-bond donors (Lipinski definition) is 1. The van der Waals surface area contributed by atoms with Gasteiger partial charge in [-0.2, -0.15) is 0 Å². The van der Waals surface area contributed by atoms with Gasteiger partial charge in [-0.05, 0) is 38.5 Å². The maximum absolute atomic E-state index is 11.8. The average Bonchev–Trinajstić information content (AvgIpc) is 2.29. The molecule has 0 saturated carbocycles. The van der Waals surface area contributed by atoms with E-state index in [9.17, 15) is 4.79 Å². The van der Waals surface area contributed by atoms with Gasteiger partial charge >= 0.3 is 5.97 Å². The van der Waals surface area contributed by atoms with Gasteiger partial charge in [0.25, 0.3) is 0 Å². The molecule has 0 unspecified atom stereocenters. The molecule has 0 bridgehead atoms. The molecule has 0 aliphatic rings. The Labute approximate surface area is 120 Å². The summed E-state index contributed by atoms with van der Waals surface area (Å²) in [5, 5.41) is 3.97. The van der Waals surface area contributed by atoms with Crippen molar-refractivity contribution in [2.24, 2.45) is 5.92 Å². The summed E-state index contributed by atoms with van der Waals surface area (Å²) in [6.07, 6.45) is 0.